The Morgan fingerprint density at radius 1 is 1.20 bits per heavy atom. The molecule has 1 atom stereocenters. The van der Waals surface area contributed by atoms with Crippen LogP contribution in [0.1, 0.15) is 29.3 Å². The van der Waals surface area contributed by atoms with Gasteiger partial charge in [0.05, 0.1) is 12.0 Å². The highest BCUT2D eigenvalue weighted by atomic mass is 35.5. The van der Waals surface area contributed by atoms with E-state index in [1.807, 2.05) is 19.1 Å². The molecular formula is C16H13ClO3. The molecule has 102 valence electrons. The van der Waals surface area contributed by atoms with Crippen LogP contribution in [0.15, 0.2) is 42.5 Å². The fourth-order valence-electron chi connectivity index (χ4n) is 2.47. The van der Waals surface area contributed by atoms with Crippen molar-refractivity contribution in [1.82, 2.24) is 0 Å². The quantitative estimate of drug-likeness (QED) is 0.865. The molecule has 1 aliphatic rings. The Balaban J connectivity index is 2.04. The van der Waals surface area contributed by atoms with Crippen molar-refractivity contribution in [1.29, 1.82) is 0 Å². The molecule has 1 aliphatic heterocycles. The Morgan fingerprint density at radius 3 is 2.60 bits per heavy atom. The average molecular weight is 289 g/mol. The second kappa shape index (κ2) is 4.53. The molecule has 0 radical (unpaired) electrons. The fourth-order valence-corrected chi connectivity index (χ4v) is 2.59. The largest absolute Gasteiger partial charge is 0.508 e. The maximum absolute atomic E-state index is 12.3. The first-order valence-electron chi connectivity index (χ1n) is 6.29. The van der Waals surface area contributed by atoms with Gasteiger partial charge in [-0.1, -0.05) is 23.7 Å². The molecule has 0 saturated carbocycles. The zero-order valence-corrected chi connectivity index (χ0v) is 11.6. The van der Waals surface area contributed by atoms with Crippen molar-refractivity contribution in [2.75, 3.05) is 0 Å². The van der Waals surface area contributed by atoms with Crippen LogP contribution in [0.4, 0.5) is 0 Å². The number of benzene rings is 2. The van der Waals surface area contributed by atoms with Crippen LogP contribution in [0, 0.1) is 0 Å². The number of Topliss-reactive ketones (excluding diaryl/α,β-unsaturated/α-hetero) is 1. The number of phenolic OH excluding ortho intramolecular Hbond substituents is 1. The molecule has 3 rings (SSSR count). The molecule has 0 spiro atoms. The van der Waals surface area contributed by atoms with E-state index in [0.29, 0.717) is 16.3 Å². The van der Waals surface area contributed by atoms with Crippen LogP contribution in [0.3, 0.4) is 0 Å². The van der Waals surface area contributed by atoms with Gasteiger partial charge in [0, 0.05) is 5.02 Å². The number of ketones is 1. The predicted octanol–water partition coefficient (Wildman–Crippen LogP) is 3.93. The molecular weight excluding hydrogens is 276 g/mol. The number of aromatic hydroxyl groups is 1. The number of fused-ring (bicyclic) bond motifs is 1. The summed E-state index contributed by atoms with van der Waals surface area (Å²) in [6, 6.07) is 11.9. The number of carbonyl (C=O) groups excluding carboxylic acids is 1. The number of halogens is 1. The standard InChI is InChI=1S/C16H13ClO3/c1-16(10-2-4-11(17)5-3-10)9-14(19)13-8-12(18)6-7-15(13)20-16/h2-8,18H,9H2,1H3. The maximum Gasteiger partial charge on any atom is 0.171 e. The molecule has 2 aromatic rings. The summed E-state index contributed by atoms with van der Waals surface area (Å²) in [4.78, 5) is 12.3. The van der Waals surface area contributed by atoms with Gasteiger partial charge in [0.15, 0.2) is 5.78 Å². The Hall–Kier alpha value is -2.00. The fraction of sp³-hybridized carbons (Fsp3) is 0.188. The van der Waals surface area contributed by atoms with Crippen molar-refractivity contribution >= 4 is 17.4 Å². The minimum absolute atomic E-state index is 0.0420. The predicted molar refractivity (Wildman–Crippen MR) is 76.5 cm³/mol. The highest BCUT2D eigenvalue weighted by Crippen LogP contribution is 2.40. The summed E-state index contributed by atoms with van der Waals surface area (Å²) in [6.45, 7) is 1.88. The first-order chi connectivity index (χ1) is 9.48. The molecule has 20 heavy (non-hydrogen) atoms. The van der Waals surface area contributed by atoms with E-state index >= 15 is 0 Å². The Morgan fingerprint density at radius 2 is 1.90 bits per heavy atom. The number of carbonyl (C=O) groups is 1. The van der Waals surface area contributed by atoms with Crippen molar-refractivity contribution in [2.45, 2.75) is 18.9 Å². The first kappa shape index (κ1) is 13.0. The molecule has 1 N–H and O–H groups in total. The van der Waals surface area contributed by atoms with E-state index in [2.05, 4.69) is 0 Å². The summed E-state index contributed by atoms with van der Waals surface area (Å²) in [7, 11) is 0. The summed E-state index contributed by atoms with van der Waals surface area (Å²) in [5.74, 6) is 0.520. The lowest BCUT2D eigenvalue weighted by atomic mass is 9.85. The third-order valence-corrected chi connectivity index (χ3v) is 3.80. The number of rotatable bonds is 1. The van der Waals surface area contributed by atoms with E-state index in [0.717, 1.165) is 5.56 Å². The SMILES string of the molecule is CC1(c2ccc(Cl)cc2)CC(=O)c2cc(O)ccc2O1. The Bertz CT molecular complexity index is 679. The summed E-state index contributed by atoms with van der Waals surface area (Å²) < 4.78 is 6.00. The van der Waals surface area contributed by atoms with E-state index in [1.54, 1.807) is 18.2 Å². The topological polar surface area (TPSA) is 46.5 Å². The maximum atomic E-state index is 12.3. The molecule has 1 unspecified atom stereocenters. The normalized spacial score (nSPS) is 21.2. The third-order valence-electron chi connectivity index (χ3n) is 3.55. The van der Waals surface area contributed by atoms with Crippen LogP contribution < -0.4 is 4.74 Å². The lowest BCUT2D eigenvalue weighted by molar-refractivity contribution is 0.0502. The molecule has 4 heteroatoms. The molecule has 3 nitrogen and oxygen atoms in total. The van der Waals surface area contributed by atoms with Crippen LogP contribution in [0.25, 0.3) is 0 Å². The van der Waals surface area contributed by atoms with Crippen molar-refractivity contribution in [3.8, 4) is 11.5 Å². The van der Waals surface area contributed by atoms with E-state index in [1.165, 1.54) is 12.1 Å². The van der Waals surface area contributed by atoms with E-state index in [4.69, 9.17) is 16.3 Å². The average Bonchev–Trinajstić information content (AvgIpc) is 2.40. The summed E-state index contributed by atoms with van der Waals surface area (Å²) in [5.41, 5.74) is 0.608. The van der Waals surface area contributed by atoms with E-state index in [-0.39, 0.29) is 18.0 Å². The highest BCUT2D eigenvalue weighted by Gasteiger charge is 2.38. The molecule has 2 aromatic carbocycles. The van der Waals surface area contributed by atoms with Crippen LogP contribution in [-0.2, 0) is 5.60 Å². The van der Waals surface area contributed by atoms with Gasteiger partial charge >= 0.3 is 0 Å². The van der Waals surface area contributed by atoms with Gasteiger partial charge in [-0.2, -0.15) is 0 Å². The van der Waals surface area contributed by atoms with Crippen molar-refractivity contribution < 1.29 is 14.6 Å². The van der Waals surface area contributed by atoms with E-state index < -0.39 is 5.60 Å². The van der Waals surface area contributed by atoms with Gasteiger partial charge in [0.2, 0.25) is 0 Å². The first-order valence-corrected chi connectivity index (χ1v) is 6.67. The molecule has 0 aliphatic carbocycles. The number of phenols is 1. The van der Waals surface area contributed by atoms with E-state index in [9.17, 15) is 9.90 Å². The molecule has 0 aromatic heterocycles. The van der Waals surface area contributed by atoms with Crippen LogP contribution >= 0.6 is 11.6 Å². The number of hydrogen-bond donors (Lipinski definition) is 1. The zero-order chi connectivity index (χ0) is 14.3. The third kappa shape index (κ3) is 2.14. The van der Waals surface area contributed by atoms with Gasteiger partial charge in [-0.3, -0.25) is 4.79 Å². The Labute approximate surface area is 121 Å². The Kier molecular flexibility index (Phi) is 2.94. The van der Waals surface area contributed by atoms with Gasteiger partial charge in [0.25, 0.3) is 0 Å². The van der Waals surface area contributed by atoms with Gasteiger partial charge < -0.3 is 9.84 Å². The number of hydrogen-bond acceptors (Lipinski definition) is 3. The smallest absolute Gasteiger partial charge is 0.171 e. The lowest BCUT2D eigenvalue weighted by Gasteiger charge is -2.35. The minimum atomic E-state index is -0.717. The van der Waals surface area contributed by atoms with Gasteiger partial charge in [0.1, 0.15) is 17.1 Å². The van der Waals surface area contributed by atoms with Crippen LogP contribution in [0.2, 0.25) is 5.02 Å². The van der Waals surface area contributed by atoms with Gasteiger partial charge in [-0.15, -0.1) is 0 Å². The molecule has 0 amide bonds. The summed E-state index contributed by atoms with van der Waals surface area (Å²) in [5, 5.41) is 10.1. The highest BCUT2D eigenvalue weighted by molar-refractivity contribution is 6.30. The second-order valence-corrected chi connectivity index (χ2v) is 5.56. The summed E-state index contributed by atoms with van der Waals surface area (Å²) in [6.07, 6.45) is 0.227. The van der Waals surface area contributed by atoms with Crippen molar-refractivity contribution in [3.05, 3.63) is 58.6 Å². The zero-order valence-electron chi connectivity index (χ0n) is 10.9. The van der Waals surface area contributed by atoms with Crippen molar-refractivity contribution in [3.63, 3.8) is 0 Å². The molecule has 0 saturated heterocycles. The number of ether oxygens (including phenoxy) is 1. The monoisotopic (exact) mass is 288 g/mol. The van der Waals surface area contributed by atoms with Gasteiger partial charge in [-0.25, -0.2) is 0 Å². The van der Waals surface area contributed by atoms with Crippen molar-refractivity contribution in [2.24, 2.45) is 0 Å². The molecule has 0 fully saturated rings. The summed E-state index contributed by atoms with van der Waals surface area (Å²) >= 11 is 5.89. The second-order valence-electron chi connectivity index (χ2n) is 5.12. The van der Waals surface area contributed by atoms with Crippen LogP contribution in [-0.4, -0.2) is 10.9 Å². The van der Waals surface area contributed by atoms with Crippen LogP contribution in [0.5, 0.6) is 11.5 Å². The molecule has 1 heterocycles. The lowest BCUT2D eigenvalue weighted by Crippen LogP contribution is -2.36. The van der Waals surface area contributed by atoms with Gasteiger partial charge in [-0.05, 0) is 42.8 Å². The molecule has 0 bridgehead atoms. The minimum Gasteiger partial charge on any atom is -0.508 e.